The molecule has 2 aromatic rings. The van der Waals surface area contributed by atoms with Crippen LogP contribution >= 0.6 is 11.8 Å². The van der Waals surface area contributed by atoms with E-state index in [4.69, 9.17) is 0 Å². The molecular weight excluding hydrogens is 408 g/mol. The van der Waals surface area contributed by atoms with E-state index in [-0.39, 0.29) is 11.8 Å². The zero-order chi connectivity index (χ0) is 22.0. The molecule has 7 heteroatoms. The lowest BCUT2D eigenvalue weighted by atomic mass is 10.1. The molecule has 0 saturated carbocycles. The number of pyridine rings is 1. The molecule has 164 valence electrons. The number of amides is 2. The fourth-order valence-corrected chi connectivity index (χ4v) is 5.28. The Bertz CT molecular complexity index is 970. The second-order valence-electron chi connectivity index (χ2n) is 8.58. The number of carbonyl (C=O) groups is 2. The Kier molecular flexibility index (Phi) is 6.62. The van der Waals surface area contributed by atoms with Gasteiger partial charge in [-0.05, 0) is 42.7 Å². The topological polar surface area (TPSA) is 56.8 Å². The third kappa shape index (κ3) is 4.62. The standard InChI is InChI=1S/C24H30N4O2S/c1-4-10-28-20-8-7-18(23(29)27-13-11-26(12-14-27)16-17(2)3)15-21(20)31-22-19(24(28)30)6-5-9-25-22/h5-9,15,17H,4,10-14,16H2,1-3H3. The average Bonchev–Trinajstić information content (AvgIpc) is 2.88. The number of nitrogens with zero attached hydrogens (tertiary/aromatic N) is 4. The molecule has 3 heterocycles. The molecule has 31 heavy (non-hydrogen) atoms. The van der Waals surface area contributed by atoms with Gasteiger partial charge in [0.25, 0.3) is 11.8 Å². The second kappa shape index (κ2) is 9.40. The van der Waals surface area contributed by atoms with Crippen LogP contribution in [0.25, 0.3) is 0 Å². The zero-order valence-electron chi connectivity index (χ0n) is 18.5. The van der Waals surface area contributed by atoms with E-state index in [1.54, 1.807) is 12.3 Å². The maximum Gasteiger partial charge on any atom is 0.261 e. The maximum atomic E-state index is 13.2. The van der Waals surface area contributed by atoms with E-state index in [0.29, 0.717) is 28.6 Å². The van der Waals surface area contributed by atoms with Gasteiger partial charge in [-0.25, -0.2) is 4.98 Å². The smallest absolute Gasteiger partial charge is 0.261 e. The molecule has 1 aromatic heterocycles. The fraction of sp³-hybridized carbons (Fsp3) is 0.458. The van der Waals surface area contributed by atoms with Gasteiger partial charge < -0.3 is 9.80 Å². The first-order chi connectivity index (χ1) is 15.0. The number of benzene rings is 1. The lowest BCUT2D eigenvalue weighted by molar-refractivity contribution is 0.0623. The van der Waals surface area contributed by atoms with Gasteiger partial charge in [0.2, 0.25) is 0 Å². The number of hydrogen-bond acceptors (Lipinski definition) is 5. The van der Waals surface area contributed by atoms with E-state index in [0.717, 1.165) is 49.7 Å². The highest BCUT2D eigenvalue weighted by atomic mass is 32.2. The average molecular weight is 439 g/mol. The number of hydrogen-bond donors (Lipinski definition) is 0. The molecule has 4 rings (SSSR count). The number of rotatable bonds is 5. The lowest BCUT2D eigenvalue weighted by Crippen LogP contribution is -2.49. The van der Waals surface area contributed by atoms with Crippen LogP contribution < -0.4 is 4.90 Å². The van der Waals surface area contributed by atoms with Crippen LogP contribution in [-0.4, -0.2) is 65.9 Å². The van der Waals surface area contributed by atoms with Gasteiger partial charge in [0, 0.05) is 55.9 Å². The SMILES string of the molecule is CCCN1C(=O)c2cccnc2Sc2cc(C(=O)N3CCN(CC(C)C)CC3)ccc21. The molecule has 1 aromatic carbocycles. The van der Waals surface area contributed by atoms with Crippen LogP contribution in [0.3, 0.4) is 0 Å². The van der Waals surface area contributed by atoms with Crippen molar-refractivity contribution in [3.05, 3.63) is 47.7 Å². The van der Waals surface area contributed by atoms with Crippen LogP contribution in [0.5, 0.6) is 0 Å². The van der Waals surface area contributed by atoms with Crippen LogP contribution in [-0.2, 0) is 0 Å². The van der Waals surface area contributed by atoms with Gasteiger partial charge in [-0.1, -0.05) is 32.5 Å². The molecule has 2 amide bonds. The summed E-state index contributed by atoms with van der Waals surface area (Å²) < 4.78 is 0. The Morgan fingerprint density at radius 3 is 2.65 bits per heavy atom. The number of carbonyl (C=O) groups excluding carboxylic acids is 2. The predicted octanol–water partition coefficient (Wildman–Crippen LogP) is 4.02. The Balaban J connectivity index is 1.59. The summed E-state index contributed by atoms with van der Waals surface area (Å²) in [5.74, 6) is 0.664. The predicted molar refractivity (Wildman–Crippen MR) is 124 cm³/mol. The maximum absolute atomic E-state index is 13.2. The summed E-state index contributed by atoms with van der Waals surface area (Å²) in [5.41, 5.74) is 2.14. The first-order valence-corrected chi connectivity index (χ1v) is 11.9. The van der Waals surface area contributed by atoms with Crippen molar-refractivity contribution < 1.29 is 9.59 Å². The zero-order valence-corrected chi connectivity index (χ0v) is 19.3. The van der Waals surface area contributed by atoms with E-state index < -0.39 is 0 Å². The molecular formula is C24H30N4O2S. The molecule has 0 atom stereocenters. The van der Waals surface area contributed by atoms with Crippen molar-refractivity contribution in [1.82, 2.24) is 14.8 Å². The summed E-state index contributed by atoms with van der Waals surface area (Å²) in [6.07, 6.45) is 2.56. The van der Waals surface area contributed by atoms with Crippen LogP contribution in [0.1, 0.15) is 47.9 Å². The van der Waals surface area contributed by atoms with E-state index in [2.05, 4.69) is 30.7 Å². The fourth-order valence-electron chi connectivity index (χ4n) is 4.22. The quantitative estimate of drug-likeness (QED) is 0.706. The molecule has 0 radical (unpaired) electrons. The first-order valence-electron chi connectivity index (χ1n) is 11.1. The van der Waals surface area contributed by atoms with Crippen LogP contribution in [0.15, 0.2) is 46.5 Å². The Morgan fingerprint density at radius 1 is 1.16 bits per heavy atom. The summed E-state index contributed by atoms with van der Waals surface area (Å²) in [5, 5.41) is 0.694. The largest absolute Gasteiger partial charge is 0.336 e. The lowest BCUT2D eigenvalue weighted by Gasteiger charge is -2.35. The van der Waals surface area contributed by atoms with Crippen molar-refractivity contribution in [3.8, 4) is 0 Å². The van der Waals surface area contributed by atoms with Crippen molar-refractivity contribution in [2.45, 2.75) is 37.1 Å². The molecule has 2 aliphatic heterocycles. The highest BCUT2D eigenvalue weighted by Crippen LogP contribution is 2.41. The van der Waals surface area contributed by atoms with Crippen molar-refractivity contribution in [3.63, 3.8) is 0 Å². The van der Waals surface area contributed by atoms with Gasteiger partial charge in [-0.15, -0.1) is 0 Å². The van der Waals surface area contributed by atoms with E-state index in [1.807, 2.05) is 34.1 Å². The van der Waals surface area contributed by atoms with Gasteiger partial charge in [0.15, 0.2) is 0 Å². The second-order valence-corrected chi connectivity index (χ2v) is 9.61. The van der Waals surface area contributed by atoms with E-state index >= 15 is 0 Å². The van der Waals surface area contributed by atoms with Gasteiger partial charge in [-0.2, -0.15) is 0 Å². The third-order valence-corrected chi connectivity index (χ3v) is 6.75. The van der Waals surface area contributed by atoms with Crippen molar-refractivity contribution in [2.75, 3.05) is 44.2 Å². The molecule has 0 aliphatic carbocycles. The number of fused-ring (bicyclic) bond motifs is 2. The van der Waals surface area contributed by atoms with Crippen molar-refractivity contribution in [1.29, 1.82) is 0 Å². The summed E-state index contributed by atoms with van der Waals surface area (Å²) in [6, 6.07) is 9.34. The van der Waals surface area contributed by atoms with Crippen molar-refractivity contribution >= 4 is 29.3 Å². The molecule has 1 saturated heterocycles. The first kappa shape index (κ1) is 21.8. The molecule has 6 nitrogen and oxygen atoms in total. The van der Waals surface area contributed by atoms with E-state index in [9.17, 15) is 9.59 Å². The van der Waals surface area contributed by atoms with Crippen LogP contribution in [0.2, 0.25) is 0 Å². The van der Waals surface area contributed by atoms with Gasteiger partial charge in [0.05, 0.1) is 11.3 Å². The molecule has 0 unspecified atom stereocenters. The number of piperazine rings is 1. The Hall–Kier alpha value is -2.38. The van der Waals surface area contributed by atoms with Crippen molar-refractivity contribution in [2.24, 2.45) is 5.92 Å². The molecule has 0 spiro atoms. The molecule has 1 fully saturated rings. The minimum absolute atomic E-state index is 0.0310. The monoisotopic (exact) mass is 438 g/mol. The Labute approximate surface area is 188 Å². The molecule has 0 N–H and O–H groups in total. The molecule has 2 aliphatic rings. The normalized spacial score (nSPS) is 16.8. The highest BCUT2D eigenvalue weighted by Gasteiger charge is 2.29. The minimum Gasteiger partial charge on any atom is -0.336 e. The molecule has 0 bridgehead atoms. The number of aromatic nitrogens is 1. The van der Waals surface area contributed by atoms with Crippen LogP contribution in [0, 0.1) is 5.92 Å². The summed E-state index contributed by atoms with van der Waals surface area (Å²) in [4.78, 5) is 37.9. The third-order valence-electron chi connectivity index (χ3n) is 5.68. The summed E-state index contributed by atoms with van der Waals surface area (Å²) in [7, 11) is 0. The summed E-state index contributed by atoms with van der Waals surface area (Å²) in [6.45, 7) is 11.6. The van der Waals surface area contributed by atoms with Crippen LogP contribution in [0.4, 0.5) is 5.69 Å². The highest BCUT2D eigenvalue weighted by molar-refractivity contribution is 7.99. The Morgan fingerprint density at radius 2 is 1.94 bits per heavy atom. The minimum atomic E-state index is -0.0310. The van der Waals surface area contributed by atoms with Gasteiger partial charge >= 0.3 is 0 Å². The van der Waals surface area contributed by atoms with E-state index in [1.165, 1.54) is 11.8 Å². The number of anilines is 1. The van der Waals surface area contributed by atoms with Gasteiger partial charge in [-0.3, -0.25) is 14.5 Å². The summed E-state index contributed by atoms with van der Waals surface area (Å²) >= 11 is 1.47. The van der Waals surface area contributed by atoms with Gasteiger partial charge in [0.1, 0.15) is 5.03 Å².